The number of rotatable bonds is 1. The van der Waals surface area contributed by atoms with E-state index in [2.05, 4.69) is 26.5 Å². The van der Waals surface area contributed by atoms with Crippen molar-refractivity contribution in [2.45, 2.75) is 25.8 Å². The maximum absolute atomic E-state index is 11.1. The van der Waals surface area contributed by atoms with Crippen molar-refractivity contribution in [3.05, 3.63) is 42.0 Å². The van der Waals surface area contributed by atoms with E-state index in [-0.39, 0.29) is 5.54 Å². The molecule has 0 unspecified atom stereocenters. The summed E-state index contributed by atoms with van der Waals surface area (Å²) in [5.41, 5.74) is 2.99. The highest BCUT2D eigenvalue weighted by Gasteiger charge is 2.33. The lowest BCUT2D eigenvalue weighted by Gasteiger charge is -2.42. The van der Waals surface area contributed by atoms with Crippen LogP contribution in [-0.4, -0.2) is 16.8 Å². The molecule has 1 aliphatic heterocycles. The van der Waals surface area contributed by atoms with Crippen LogP contribution in [0.2, 0.25) is 0 Å². The van der Waals surface area contributed by atoms with Crippen LogP contribution in [0.5, 0.6) is 0 Å². The highest BCUT2D eigenvalue weighted by Crippen LogP contribution is 2.35. The molecule has 0 aromatic heterocycles. The second kappa shape index (κ2) is 3.23. The van der Waals surface area contributed by atoms with Crippen molar-refractivity contribution < 1.29 is 4.79 Å². The maximum Gasteiger partial charge on any atom is 0.214 e. The predicted molar refractivity (Wildman–Crippen MR) is 61.2 cm³/mol. The van der Waals surface area contributed by atoms with Gasteiger partial charge in [0.2, 0.25) is 6.41 Å². The molecule has 2 heteroatoms. The van der Waals surface area contributed by atoms with Gasteiger partial charge >= 0.3 is 0 Å². The molecule has 0 spiro atoms. The lowest BCUT2D eigenvalue weighted by Crippen LogP contribution is -2.46. The van der Waals surface area contributed by atoms with Gasteiger partial charge in [-0.1, -0.05) is 30.8 Å². The molecule has 1 aromatic carbocycles. The van der Waals surface area contributed by atoms with Crippen molar-refractivity contribution in [2.75, 3.05) is 0 Å². The van der Waals surface area contributed by atoms with Crippen molar-refractivity contribution in [1.29, 1.82) is 0 Å². The lowest BCUT2D eigenvalue weighted by atomic mass is 9.84. The normalized spacial score (nSPS) is 18.5. The van der Waals surface area contributed by atoms with Gasteiger partial charge in [0.15, 0.2) is 0 Å². The van der Waals surface area contributed by atoms with E-state index in [0.29, 0.717) is 0 Å². The number of carbonyl (C=O) groups excluding carboxylic acids is 1. The minimum absolute atomic E-state index is 0.173. The summed E-state index contributed by atoms with van der Waals surface area (Å²) in [6.07, 6.45) is 1.75. The third kappa shape index (κ3) is 1.46. The van der Waals surface area contributed by atoms with Crippen LogP contribution in [0.1, 0.15) is 25.0 Å². The Labute approximate surface area is 90.2 Å². The zero-order chi connectivity index (χ0) is 11.1. The summed E-state index contributed by atoms with van der Waals surface area (Å²) < 4.78 is 0. The minimum Gasteiger partial charge on any atom is -0.309 e. The standard InChI is InChI=1S/C13H15NO/c1-10-12-7-5-4-6-11(12)8-13(2,3)14(10)9-15/h4-7,9H,1,8H2,2-3H3. The highest BCUT2D eigenvalue weighted by molar-refractivity contribution is 5.77. The molecule has 78 valence electrons. The Morgan fingerprint density at radius 1 is 1.40 bits per heavy atom. The fourth-order valence-electron chi connectivity index (χ4n) is 2.21. The van der Waals surface area contributed by atoms with Crippen LogP contribution in [0.3, 0.4) is 0 Å². The van der Waals surface area contributed by atoms with Gasteiger partial charge in [-0.2, -0.15) is 0 Å². The fraction of sp³-hybridized carbons (Fsp3) is 0.308. The van der Waals surface area contributed by atoms with E-state index < -0.39 is 0 Å². The number of nitrogens with zero attached hydrogens (tertiary/aromatic N) is 1. The van der Waals surface area contributed by atoms with Crippen molar-refractivity contribution >= 4 is 12.1 Å². The van der Waals surface area contributed by atoms with Crippen LogP contribution in [0.15, 0.2) is 30.8 Å². The molecule has 0 atom stereocenters. The molecule has 0 saturated heterocycles. The Morgan fingerprint density at radius 3 is 2.73 bits per heavy atom. The molecule has 1 heterocycles. The Hall–Kier alpha value is -1.57. The predicted octanol–water partition coefficient (Wildman–Crippen LogP) is 2.45. The lowest BCUT2D eigenvalue weighted by molar-refractivity contribution is -0.118. The first-order valence-electron chi connectivity index (χ1n) is 5.08. The molecule has 0 fully saturated rings. The van der Waals surface area contributed by atoms with Gasteiger partial charge < -0.3 is 4.90 Å². The van der Waals surface area contributed by atoms with Gasteiger partial charge in [0, 0.05) is 16.8 Å². The Morgan fingerprint density at radius 2 is 2.07 bits per heavy atom. The third-order valence-corrected chi connectivity index (χ3v) is 3.00. The first-order valence-corrected chi connectivity index (χ1v) is 5.08. The molecule has 1 aliphatic rings. The largest absolute Gasteiger partial charge is 0.309 e. The first kappa shape index (κ1) is 9.97. The molecule has 0 aliphatic carbocycles. The summed E-state index contributed by atoms with van der Waals surface area (Å²) in [5, 5.41) is 0. The summed E-state index contributed by atoms with van der Waals surface area (Å²) >= 11 is 0. The van der Waals surface area contributed by atoms with Crippen LogP contribution in [0.4, 0.5) is 0 Å². The number of hydrogen-bond acceptors (Lipinski definition) is 1. The zero-order valence-electron chi connectivity index (χ0n) is 9.16. The molecule has 15 heavy (non-hydrogen) atoms. The molecular formula is C13H15NO. The molecule has 2 nitrogen and oxygen atoms in total. The second-order valence-electron chi connectivity index (χ2n) is 4.57. The van der Waals surface area contributed by atoms with Crippen LogP contribution in [0.25, 0.3) is 5.70 Å². The summed E-state index contributed by atoms with van der Waals surface area (Å²) in [7, 11) is 0. The maximum atomic E-state index is 11.1. The van der Waals surface area contributed by atoms with Gasteiger partial charge in [-0.15, -0.1) is 0 Å². The molecule has 1 amide bonds. The van der Waals surface area contributed by atoms with E-state index in [0.717, 1.165) is 24.1 Å². The number of fused-ring (bicyclic) bond motifs is 1. The Kier molecular flexibility index (Phi) is 2.14. The van der Waals surface area contributed by atoms with E-state index in [4.69, 9.17) is 0 Å². The van der Waals surface area contributed by atoms with Gasteiger partial charge in [0.25, 0.3) is 0 Å². The SMILES string of the molecule is C=C1c2ccccc2CC(C)(C)N1C=O. The molecule has 2 rings (SSSR count). The summed E-state index contributed by atoms with van der Waals surface area (Å²) in [6, 6.07) is 8.12. The molecule has 1 aromatic rings. The molecule has 0 N–H and O–H groups in total. The van der Waals surface area contributed by atoms with E-state index >= 15 is 0 Å². The smallest absolute Gasteiger partial charge is 0.214 e. The highest BCUT2D eigenvalue weighted by atomic mass is 16.1. The first-order chi connectivity index (χ1) is 7.06. The average molecular weight is 201 g/mol. The van der Waals surface area contributed by atoms with E-state index in [1.54, 1.807) is 4.90 Å². The van der Waals surface area contributed by atoms with Crippen LogP contribution in [-0.2, 0) is 11.2 Å². The number of amides is 1. The van der Waals surface area contributed by atoms with Crippen molar-refractivity contribution in [2.24, 2.45) is 0 Å². The van der Waals surface area contributed by atoms with E-state index in [1.165, 1.54) is 5.56 Å². The van der Waals surface area contributed by atoms with Gasteiger partial charge in [0.1, 0.15) is 0 Å². The molecule has 0 radical (unpaired) electrons. The molecule has 0 bridgehead atoms. The van der Waals surface area contributed by atoms with E-state index in [1.807, 2.05) is 18.2 Å². The van der Waals surface area contributed by atoms with Gasteiger partial charge in [-0.05, 0) is 25.8 Å². The third-order valence-electron chi connectivity index (χ3n) is 3.00. The van der Waals surface area contributed by atoms with Crippen LogP contribution in [0, 0.1) is 0 Å². The van der Waals surface area contributed by atoms with Crippen molar-refractivity contribution in [3.63, 3.8) is 0 Å². The summed E-state index contributed by atoms with van der Waals surface area (Å²) in [4.78, 5) is 12.8. The monoisotopic (exact) mass is 201 g/mol. The van der Waals surface area contributed by atoms with Crippen LogP contribution >= 0.6 is 0 Å². The quantitative estimate of drug-likeness (QED) is 0.639. The second-order valence-corrected chi connectivity index (χ2v) is 4.57. The summed E-state index contributed by atoms with van der Waals surface area (Å²) in [6.45, 7) is 8.11. The van der Waals surface area contributed by atoms with Crippen molar-refractivity contribution in [1.82, 2.24) is 4.90 Å². The fourth-order valence-corrected chi connectivity index (χ4v) is 2.21. The number of carbonyl (C=O) groups is 1. The van der Waals surface area contributed by atoms with Crippen LogP contribution < -0.4 is 0 Å². The van der Waals surface area contributed by atoms with Gasteiger partial charge in [0.05, 0.1) is 0 Å². The summed E-state index contributed by atoms with van der Waals surface area (Å²) in [5.74, 6) is 0. The van der Waals surface area contributed by atoms with Crippen molar-refractivity contribution in [3.8, 4) is 0 Å². The van der Waals surface area contributed by atoms with Gasteiger partial charge in [-0.25, -0.2) is 0 Å². The molecule has 0 saturated carbocycles. The van der Waals surface area contributed by atoms with E-state index in [9.17, 15) is 4.79 Å². The number of hydrogen-bond donors (Lipinski definition) is 0. The Balaban J connectivity index is 2.55. The number of benzene rings is 1. The zero-order valence-corrected chi connectivity index (χ0v) is 9.16. The minimum atomic E-state index is -0.173. The topological polar surface area (TPSA) is 20.3 Å². The Bertz CT molecular complexity index is 420. The van der Waals surface area contributed by atoms with Gasteiger partial charge in [-0.3, -0.25) is 4.79 Å². The molecular weight excluding hydrogens is 186 g/mol. The average Bonchev–Trinajstić information content (AvgIpc) is 2.17.